The highest BCUT2D eigenvalue weighted by atomic mass is 35.5. The smallest absolute Gasteiger partial charge is 0.256 e. The first kappa shape index (κ1) is 15.6. The summed E-state index contributed by atoms with van der Waals surface area (Å²) in [6, 6.07) is 8.91. The second kappa shape index (κ2) is 6.78. The maximum absolute atomic E-state index is 12.3. The van der Waals surface area contributed by atoms with Crippen molar-refractivity contribution < 1.29 is 9.84 Å². The highest BCUT2D eigenvalue weighted by molar-refractivity contribution is 6.32. The van der Waals surface area contributed by atoms with Crippen molar-refractivity contribution in [2.24, 2.45) is 0 Å². The van der Waals surface area contributed by atoms with Crippen LogP contribution in [0, 0.1) is 0 Å². The van der Waals surface area contributed by atoms with E-state index in [9.17, 15) is 9.90 Å². The number of hydrogen-bond acceptors (Lipinski definition) is 3. The fourth-order valence-electron chi connectivity index (χ4n) is 2.27. The van der Waals surface area contributed by atoms with Gasteiger partial charge in [-0.25, -0.2) is 0 Å². The number of aromatic nitrogens is 1. The number of benzene rings is 1. The van der Waals surface area contributed by atoms with Crippen LogP contribution in [0.2, 0.25) is 5.02 Å². The van der Waals surface area contributed by atoms with Gasteiger partial charge in [0.15, 0.2) is 0 Å². The molecule has 1 aromatic heterocycles. The third-order valence-corrected chi connectivity index (χ3v) is 3.61. The number of halogens is 1. The van der Waals surface area contributed by atoms with Gasteiger partial charge in [-0.15, -0.1) is 0 Å². The normalized spacial score (nSPS) is 10.7. The molecule has 4 nitrogen and oxygen atoms in total. The van der Waals surface area contributed by atoms with Gasteiger partial charge in [0.25, 0.3) is 5.56 Å². The minimum atomic E-state index is -0.258. The summed E-state index contributed by atoms with van der Waals surface area (Å²) in [4.78, 5) is 12.3. The highest BCUT2D eigenvalue weighted by Gasteiger charge is 2.11. The Balaban J connectivity index is 2.60. The lowest BCUT2D eigenvalue weighted by Gasteiger charge is -2.14. The van der Waals surface area contributed by atoms with Gasteiger partial charge in [-0.1, -0.05) is 18.5 Å². The van der Waals surface area contributed by atoms with E-state index in [1.807, 2.05) is 19.1 Å². The SMILES string of the molecule is CCCn1c(-c2ccc(OC)c(Cl)c2)ccc(CO)c1=O. The summed E-state index contributed by atoms with van der Waals surface area (Å²) < 4.78 is 6.81. The Labute approximate surface area is 128 Å². The van der Waals surface area contributed by atoms with Crippen molar-refractivity contribution in [3.8, 4) is 17.0 Å². The minimum Gasteiger partial charge on any atom is -0.495 e. The summed E-state index contributed by atoms with van der Waals surface area (Å²) in [5, 5.41) is 9.73. The van der Waals surface area contributed by atoms with Crippen molar-refractivity contribution >= 4 is 11.6 Å². The topological polar surface area (TPSA) is 51.5 Å². The molecule has 2 aromatic rings. The van der Waals surface area contributed by atoms with Crippen LogP contribution in [0.15, 0.2) is 35.1 Å². The van der Waals surface area contributed by atoms with Crippen molar-refractivity contribution in [1.29, 1.82) is 0 Å². The van der Waals surface area contributed by atoms with Crippen LogP contribution in [0.5, 0.6) is 5.75 Å². The van der Waals surface area contributed by atoms with E-state index in [1.54, 1.807) is 29.9 Å². The number of rotatable bonds is 5. The van der Waals surface area contributed by atoms with E-state index < -0.39 is 0 Å². The molecule has 21 heavy (non-hydrogen) atoms. The predicted molar refractivity (Wildman–Crippen MR) is 83.9 cm³/mol. The van der Waals surface area contributed by atoms with E-state index in [0.29, 0.717) is 22.9 Å². The molecule has 1 heterocycles. The minimum absolute atomic E-state index is 0.163. The largest absolute Gasteiger partial charge is 0.495 e. The lowest BCUT2D eigenvalue weighted by molar-refractivity contribution is 0.279. The summed E-state index contributed by atoms with van der Waals surface area (Å²) in [6.45, 7) is 2.33. The molecule has 112 valence electrons. The lowest BCUT2D eigenvalue weighted by Crippen LogP contribution is -2.25. The second-order valence-electron chi connectivity index (χ2n) is 4.71. The summed E-state index contributed by atoms with van der Waals surface area (Å²) in [5.41, 5.74) is 1.86. The zero-order chi connectivity index (χ0) is 15.4. The van der Waals surface area contributed by atoms with E-state index in [0.717, 1.165) is 17.7 Å². The maximum Gasteiger partial charge on any atom is 0.256 e. The number of hydrogen-bond donors (Lipinski definition) is 1. The number of aliphatic hydroxyl groups is 1. The molecule has 0 amide bonds. The van der Waals surface area contributed by atoms with Crippen LogP contribution in [-0.4, -0.2) is 16.8 Å². The van der Waals surface area contributed by atoms with Crippen molar-refractivity contribution in [3.63, 3.8) is 0 Å². The highest BCUT2D eigenvalue weighted by Crippen LogP contribution is 2.29. The Morgan fingerprint density at radius 3 is 2.62 bits per heavy atom. The molecule has 0 radical (unpaired) electrons. The van der Waals surface area contributed by atoms with Gasteiger partial charge in [-0.05, 0) is 42.3 Å². The van der Waals surface area contributed by atoms with Gasteiger partial charge in [0.1, 0.15) is 5.75 Å². The van der Waals surface area contributed by atoms with Crippen LogP contribution >= 0.6 is 11.6 Å². The van der Waals surface area contributed by atoms with E-state index in [-0.39, 0.29) is 12.2 Å². The van der Waals surface area contributed by atoms with Crippen molar-refractivity contribution in [2.75, 3.05) is 7.11 Å². The molecular formula is C16H18ClNO3. The first-order valence-electron chi connectivity index (χ1n) is 6.79. The molecule has 5 heteroatoms. The Bertz CT molecular complexity index is 694. The van der Waals surface area contributed by atoms with Gasteiger partial charge in [-0.2, -0.15) is 0 Å². The third kappa shape index (κ3) is 3.12. The molecule has 0 saturated carbocycles. The standard InChI is InChI=1S/C16H18ClNO3/c1-3-8-18-14(6-4-12(10-19)16(18)20)11-5-7-15(21-2)13(17)9-11/h4-7,9,19H,3,8,10H2,1-2H3. The molecular weight excluding hydrogens is 290 g/mol. The Kier molecular flexibility index (Phi) is 5.04. The maximum atomic E-state index is 12.3. The fourth-order valence-corrected chi connectivity index (χ4v) is 2.52. The lowest BCUT2D eigenvalue weighted by atomic mass is 10.1. The van der Waals surface area contributed by atoms with Crippen molar-refractivity contribution in [1.82, 2.24) is 4.57 Å². The molecule has 1 N–H and O–H groups in total. The van der Waals surface area contributed by atoms with E-state index in [1.165, 1.54) is 0 Å². The summed E-state index contributed by atoms with van der Waals surface area (Å²) in [7, 11) is 1.56. The number of nitrogens with zero attached hydrogens (tertiary/aromatic N) is 1. The molecule has 0 aliphatic carbocycles. The summed E-state index contributed by atoms with van der Waals surface area (Å²) >= 11 is 6.15. The second-order valence-corrected chi connectivity index (χ2v) is 5.12. The van der Waals surface area contributed by atoms with Gasteiger partial charge >= 0.3 is 0 Å². The molecule has 0 atom stereocenters. The van der Waals surface area contributed by atoms with Gasteiger partial charge in [0.05, 0.1) is 24.4 Å². The molecule has 0 aliphatic rings. The quantitative estimate of drug-likeness (QED) is 0.923. The molecule has 0 aliphatic heterocycles. The molecule has 1 aromatic carbocycles. The molecule has 0 spiro atoms. The average Bonchev–Trinajstić information content (AvgIpc) is 2.49. The number of pyridine rings is 1. The van der Waals surface area contributed by atoms with Gasteiger partial charge < -0.3 is 14.4 Å². The first-order valence-corrected chi connectivity index (χ1v) is 7.17. The molecule has 0 fully saturated rings. The van der Waals surface area contributed by atoms with E-state index in [4.69, 9.17) is 16.3 Å². The van der Waals surface area contributed by atoms with Gasteiger partial charge in [0, 0.05) is 12.1 Å². The number of aliphatic hydroxyl groups excluding tert-OH is 1. The van der Waals surface area contributed by atoms with E-state index in [2.05, 4.69) is 0 Å². The van der Waals surface area contributed by atoms with Crippen molar-refractivity contribution in [2.45, 2.75) is 26.5 Å². The molecule has 0 saturated heterocycles. The zero-order valence-electron chi connectivity index (χ0n) is 12.1. The van der Waals surface area contributed by atoms with Crippen LogP contribution in [0.1, 0.15) is 18.9 Å². The van der Waals surface area contributed by atoms with Crippen LogP contribution in [0.3, 0.4) is 0 Å². The molecule has 0 unspecified atom stereocenters. The Morgan fingerprint density at radius 2 is 2.05 bits per heavy atom. The summed E-state index contributed by atoms with van der Waals surface area (Å²) in [5.74, 6) is 0.594. The third-order valence-electron chi connectivity index (χ3n) is 3.32. The van der Waals surface area contributed by atoms with Crippen LogP contribution in [0.25, 0.3) is 11.3 Å². The zero-order valence-corrected chi connectivity index (χ0v) is 12.9. The average molecular weight is 308 g/mol. The van der Waals surface area contributed by atoms with Gasteiger partial charge in [-0.3, -0.25) is 4.79 Å². The van der Waals surface area contributed by atoms with E-state index >= 15 is 0 Å². The van der Waals surface area contributed by atoms with Crippen molar-refractivity contribution in [3.05, 3.63) is 51.3 Å². The number of ether oxygens (including phenoxy) is 1. The van der Waals surface area contributed by atoms with Gasteiger partial charge in [0.2, 0.25) is 0 Å². The molecule has 2 rings (SSSR count). The number of methoxy groups -OCH3 is 1. The monoisotopic (exact) mass is 307 g/mol. The Morgan fingerprint density at radius 1 is 1.29 bits per heavy atom. The van der Waals surface area contributed by atoms with Crippen LogP contribution in [-0.2, 0) is 13.2 Å². The summed E-state index contributed by atoms with van der Waals surface area (Å²) in [6.07, 6.45) is 0.825. The first-order chi connectivity index (χ1) is 10.1. The van der Waals surface area contributed by atoms with Crippen LogP contribution < -0.4 is 10.3 Å². The molecule has 0 bridgehead atoms. The predicted octanol–water partition coefficient (Wildman–Crippen LogP) is 3.08. The fraction of sp³-hybridized carbons (Fsp3) is 0.312. The Hall–Kier alpha value is -1.78. The van der Waals surface area contributed by atoms with Crippen LogP contribution in [0.4, 0.5) is 0 Å².